The lowest BCUT2D eigenvalue weighted by Crippen LogP contribution is -2.00. The minimum Gasteiger partial charge on any atom is -0.495 e. The quantitative estimate of drug-likeness (QED) is 0.805. The van der Waals surface area contributed by atoms with Crippen molar-refractivity contribution < 1.29 is 9.84 Å². The van der Waals surface area contributed by atoms with Gasteiger partial charge in [-0.05, 0) is 24.5 Å². The van der Waals surface area contributed by atoms with Gasteiger partial charge in [-0.2, -0.15) is 0 Å². The van der Waals surface area contributed by atoms with Gasteiger partial charge in [-0.15, -0.1) is 0 Å². The summed E-state index contributed by atoms with van der Waals surface area (Å²) in [5.74, 6) is 0.744. The first-order valence-corrected chi connectivity index (χ1v) is 5.10. The first-order valence-electron chi connectivity index (χ1n) is 5.10. The molecule has 0 spiro atoms. The van der Waals surface area contributed by atoms with E-state index in [1.54, 1.807) is 19.5 Å². The molecule has 0 aromatic carbocycles. The summed E-state index contributed by atoms with van der Waals surface area (Å²) in [6.45, 7) is 1.96. The van der Waals surface area contributed by atoms with Gasteiger partial charge in [0, 0.05) is 6.20 Å². The summed E-state index contributed by atoms with van der Waals surface area (Å²) in [5.41, 5.74) is 0.984. The minimum absolute atomic E-state index is 0.250. The third-order valence-electron chi connectivity index (χ3n) is 2.16. The van der Waals surface area contributed by atoms with Gasteiger partial charge in [0.05, 0.1) is 19.4 Å². The van der Waals surface area contributed by atoms with Crippen LogP contribution >= 0.6 is 0 Å². The predicted molar refractivity (Wildman–Crippen MR) is 60.7 cm³/mol. The van der Waals surface area contributed by atoms with Gasteiger partial charge in [-0.25, -0.2) is 0 Å². The number of methoxy groups -OCH3 is 1. The standard InChI is InChI=1S/C12H17NO2/c1-3-11(14)6-4-5-10-7-12(15-2)9-13-8-10/h4-5,7-9,11,14H,3,6H2,1-2H3/b5-4+. The number of hydrogen-bond acceptors (Lipinski definition) is 3. The van der Waals surface area contributed by atoms with Crippen molar-refractivity contribution in [3.63, 3.8) is 0 Å². The molecule has 15 heavy (non-hydrogen) atoms. The summed E-state index contributed by atoms with van der Waals surface area (Å²) >= 11 is 0. The molecular weight excluding hydrogens is 190 g/mol. The van der Waals surface area contributed by atoms with Gasteiger partial charge in [-0.1, -0.05) is 19.1 Å². The zero-order chi connectivity index (χ0) is 11.1. The summed E-state index contributed by atoms with van der Waals surface area (Å²) in [4.78, 5) is 4.03. The van der Waals surface area contributed by atoms with Gasteiger partial charge in [0.15, 0.2) is 0 Å². The molecule has 0 aliphatic carbocycles. The molecule has 0 bridgehead atoms. The van der Waals surface area contributed by atoms with Crippen molar-refractivity contribution in [1.29, 1.82) is 0 Å². The van der Waals surface area contributed by atoms with E-state index in [-0.39, 0.29) is 6.10 Å². The Morgan fingerprint density at radius 3 is 3.00 bits per heavy atom. The molecular formula is C12H17NO2. The smallest absolute Gasteiger partial charge is 0.137 e. The van der Waals surface area contributed by atoms with E-state index < -0.39 is 0 Å². The third-order valence-corrected chi connectivity index (χ3v) is 2.16. The van der Waals surface area contributed by atoms with Gasteiger partial charge in [0.25, 0.3) is 0 Å². The summed E-state index contributed by atoms with van der Waals surface area (Å²) in [6, 6.07) is 1.90. The van der Waals surface area contributed by atoms with Crippen LogP contribution < -0.4 is 4.74 Å². The van der Waals surface area contributed by atoms with Crippen LogP contribution in [0.1, 0.15) is 25.3 Å². The number of nitrogens with zero attached hydrogens (tertiary/aromatic N) is 1. The first-order chi connectivity index (χ1) is 7.26. The average molecular weight is 207 g/mol. The molecule has 1 heterocycles. The van der Waals surface area contributed by atoms with E-state index >= 15 is 0 Å². The van der Waals surface area contributed by atoms with E-state index in [4.69, 9.17) is 4.74 Å². The van der Waals surface area contributed by atoms with Crippen LogP contribution in [-0.4, -0.2) is 23.3 Å². The molecule has 0 fully saturated rings. The molecule has 0 saturated heterocycles. The second-order valence-corrected chi connectivity index (χ2v) is 3.36. The Bertz CT molecular complexity index is 323. The van der Waals surface area contributed by atoms with Gasteiger partial charge >= 0.3 is 0 Å². The molecule has 1 unspecified atom stereocenters. The lowest BCUT2D eigenvalue weighted by atomic mass is 10.1. The molecule has 1 N–H and O–H groups in total. The van der Waals surface area contributed by atoms with Crippen molar-refractivity contribution in [2.45, 2.75) is 25.9 Å². The maximum Gasteiger partial charge on any atom is 0.137 e. The van der Waals surface area contributed by atoms with Crippen LogP contribution in [0.15, 0.2) is 24.5 Å². The second kappa shape index (κ2) is 6.19. The molecule has 1 aromatic rings. The molecule has 3 nitrogen and oxygen atoms in total. The number of aromatic nitrogens is 1. The van der Waals surface area contributed by atoms with E-state index in [1.165, 1.54) is 0 Å². The minimum atomic E-state index is -0.250. The fourth-order valence-electron chi connectivity index (χ4n) is 1.17. The Balaban J connectivity index is 2.56. The number of pyridine rings is 1. The van der Waals surface area contributed by atoms with Gasteiger partial charge in [0.2, 0.25) is 0 Å². The summed E-state index contributed by atoms with van der Waals surface area (Å²) in [6.07, 6.45) is 8.52. The van der Waals surface area contributed by atoms with E-state index in [0.29, 0.717) is 6.42 Å². The lowest BCUT2D eigenvalue weighted by Gasteiger charge is -2.02. The zero-order valence-electron chi connectivity index (χ0n) is 9.18. The molecule has 1 rings (SSSR count). The molecule has 82 valence electrons. The number of rotatable bonds is 5. The van der Waals surface area contributed by atoms with E-state index in [0.717, 1.165) is 17.7 Å². The average Bonchev–Trinajstić information content (AvgIpc) is 2.29. The predicted octanol–water partition coefficient (Wildman–Crippen LogP) is 2.26. The van der Waals surface area contributed by atoms with Crippen molar-refractivity contribution in [2.75, 3.05) is 7.11 Å². The maximum absolute atomic E-state index is 9.35. The summed E-state index contributed by atoms with van der Waals surface area (Å²) in [5, 5.41) is 9.35. The van der Waals surface area contributed by atoms with Crippen LogP contribution in [0.5, 0.6) is 5.75 Å². The third kappa shape index (κ3) is 4.13. The van der Waals surface area contributed by atoms with Gasteiger partial charge < -0.3 is 9.84 Å². The molecule has 1 aromatic heterocycles. The zero-order valence-corrected chi connectivity index (χ0v) is 9.18. The lowest BCUT2D eigenvalue weighted by molar-refractivity contribution is 0.174. The molecule has 0 aliphatic rings. The fraction of sp³-hybridized carbons (Fsp3) is 0.417. The molecule has 3 heteroatoms. The molecule has 0 amide bonds. The van der Waals surface area contributed by atoms with Crippen LogP contribution in [0.25, 0.3) is 6.08 Å². The molecule has 0 radical (unpaired) electrons. The van der Waals surface area contributed by atoms with E-state index in [1.807, 2.05) is 25.1 Å². The maximum atomic E-state index is 9.35. The Hall–Kier alpha value is -1.35. The second-order valence-electron chi connectivity index (χ2n) is 3.36. The highest BCUT2D eigenvalue weighted by Gasteiger charge is 1.96. The van der Waals surface area contributed by atoms with Crippen molar-refractivity contribution in [3.05, 3.63) is 30.1 Å². The van der Waals surface area contributed by atoms with Crippen molar-refractivity contribution in [2.24, 2.45) is 0 Å². The van der Waals surface area contributed by atoms with Crippen LogP contribution in [0.3, 0.4) is 0 Å². The van der Waals surface area contributed by atoms with Gasteiger partial charge in [-0.3, -0.25) is 4.98 Å². The Kier molecular flexibility index (Phi) is 4.84. The van der Waals surface area contributed by atoms with Crippen LogP contribution in [-0.2, 0) is 0 Å². The van der Waals surface area contributed by atoms with Crippen LogP contribution in [0.4, 0.5) is 0 Å². The first kappa shape index (κ1) is 11.7. The Morgan fingerprint density at radius 2 is 2.33 bits per heavy atom. The Labute approximate surface area is 90.4 Å². The number of aliphatic hydroxyl groups is 1. The highest BCUT2D eigenvalue weighted by molar-refractivity contribution is 5.49. The van der Waals surface area contributed by atoms with E-state index in [2.05, 4.69) is 4.98 Å². The van der Waals surface area contributed by atoms with Crippen molar-refractivity contribution >= 4 is 6.08 Å². The highest BCUT2D eigenvalue weighted by Crippen LogP contribution is 2.12. The number of ether oxygens (including phenoxy) is 1. The van der Waals surface area contributed by atoms with Crippen molar-refractivity contribution in [3.8, 4) is 5.75 Å². The van der Waals surface area contributed by atoms with Crippen molar-refractivity contribution in [1.82, 2.24) is 4.98 Å². The Morgan fingerprint density at radius 1 is 1.53 bits per heavy atom. The van der Waals surface area contributed by atoms with Crippen LogP contribution in [0, 0.1) is 0 Å². The number of hydrogen-bond donors (Lipinski definition) is 1. The highest BCUT2D eigenvalue weighted by atomic mass is 16.5. The number of aliphatic hydroxyl groups excluding tert-OH is 1. The fourth-order valence-corrected chi connectivity index (χ4v) is 1.17. The normalized spacial score (nSPS) is 13.0. The molecule has 0 saturated carbocycles. The summed E-state index contributed by atoms with van der Waals surface area (Å²) in [7, 11) is 1.62. The van der Waals surface area contributed by atoms with Gasteiger partial charge in [0.1, 0.15) is 5.75 Å². The van der Waals surface area contributed by atoms with E-state index in [9.17, 15) is 5.11 Å². The molecule has 0 aliphatic heterocycles. The SMILES string of the molecule is CCC(O)C/C=C/c1cncc(OC)c1. The molecule has 1 atom stereocenters. The van der Waals surface area contributed by atoms with Crippen LogP contribution in [0.2, 0.25) is 0 Å². The largest absolute Gasteiger partial charge is 0.495 e. The topological polar surface area (TPSA) is 42.4 Å². The summed E-state index contributed by atoms with van der Waals surface area (Å²) < 4.78 is 5.06. The monoisotopic (exact) mass is 207 g/mol.